The lowest BCUT2D eigenvalue weighted by atomic mass is 10.1. The van der Waals surface area contributed by atoms with Gasteiger partial charge in [0.05, 0.1) is 0 Å². The second-order valence-electron chi connectivity index (χ2n) is 3.66. The zero-order chi connectivity index (χ0) is 11.3. The summed E-state index contributed by atoms with van der Waals surface area (Å²) >= 11 is 0. The van der Waals surface area contributed by atoms with E-state index < -0.39 is 26.4 Å². The van der Waals surface area contributed by atoms with Crippen molar-refractivity contribution in [2.24, 2.45) is 5.14 Å². The Balaban J connectivity index is 2.56. The molecule has 1 saturated carbocycles. The fraction of sp³-hybridized carbons (Fsp3) is 0.333. The van der Waals surface area contributed by atoms with Crippen LogP contribution in [0.5, 0.6) is 0 Å². The van der Waals surface area contributed by atoms with Crippen molar-refractivity contribution < 1.29 is 17.2 Å². The van der Waals surface area contributed by atoms with Crippen molar-refractivity contribution in [3.8, 4) is 0 Å². The molecule has 1 fully saturated rings. The van der Waals surface area contributed by atoms with Crippen LogP contribution < -0.4 is 5.14 Å². The third-order valence-electron chi connectivity index (χ3n) is 2.67. The standard InChI is InChI=1S/C9H9F2NO2S/c10-6-1-2-7(8(11)5-6)9(3-4-9)15(12,13)14/h1-2,5H,3-4H2,(H2,12,13,14). The molecule has 1 aliphatic rings. The molecule has 0 amide bonds. The molecule has 1 aromatic rings. The summed E-state index contributed by atoms with van der Waals surface area (Å²) in [7, 11) is -3.84. The Morgan fingerprint density at radius 2 is 1.87 bits per heavy atom. The van der Waals surface area contributed by atoms with Gasteiger partial charge in [-0.05, 0) is 18.9 Å². The highest BCUT2D eigenvalue weighted by molar-refractivity contribution is 7.90. The van der Waals surface area contributed by atoms with Crippen LogP contribution in [-0.2, 0) is 14.8 Å². The highest BCUT2D eigenvalue weighted by Crippen LogP contribution is 2.52. The van der Waals surface area contributed by atoms with Gasteiger partial charge in [0, 0.05) is 11.6 Å². The topological polar surface area (TPSA) is 60.2 Å². The quantitative estimate of drug-likeness (QED) is 0.835. The van der Waals surface area contributed by atoms with Crippen molar-refractivity contribution in [2.75, 3.05) is 0 Å². The Labute approximate surface area is 86.0 Å². The van der Waals surface area contributed by atoms with Gasteiger partial charge in [-0.1, -0.05) is 6.07 Å². The Morgan fingerprint density at radius 3 is 2.27 bits per heavy atom. The minimum atomic E-state index is -3.84. The van der Waals surface area contributed by atoms with E-state index in [4.69, 9.17) is 5.14 Å². The minimum absolute atomic E-state index is 0.0357. The zero-order valence-corrected chi connectivity index (χ0v) is 8.52. The molecule has 2 N–H and O–H groups in total. The molecule has 2 rings (SSSR count). The number of halogens is 2. The summed E-state index contributed by atoms with van der Waals surface area (Å²) in [6, 6.07) is 2.84. The summed E-state index contributed by atoms with van der Waals surface area (Å²) < 4.78 is 47.2. The first kappa shape index (κ1) is 10.5. The summed E-state index contributed by atoms with van der Waals surface area (Å²) in [6.45, 7) is 0. The molecule has 6 heteroatoms. The van der Waals surface area contributed by atoms with E-state index in [1.54, 1.807) is 0 Å². The third kappa shape index (κ3) is 1.53. The number of rotatable bonds is 2. The highest BCUT2D eigenvalue weighted by atomic mass is 32.2. The minimum Gasteiger partial charge on any atom is -0.228 e. The van der Waals surface area contributed by atoms with Crippen LogP contribution in [0.1, 0.15) is 18.4 Å². The molecule has 0 atom stereocenters. The van der Waals surface area contributed by atoms with Crippen LogP contribution in [0.15, 0.2) is 18.2 Å². The predicted molar refractivity (Wildman–Crippen MR) is 50.4 cm³/mol. The van der Waals surface area contributed by atoms with Crippen LogP contribution >= 0.6 is 0 Å². The van der Waals surface area contributed by atoms with Crippen molar-refractivity contribution in [3.05, 3.63) is 35.4 Å². The van der Waals surface area contributed by atoms with Crippen LogP contribution in [0.2, 0.25) is 0 Å². The summed E-state index contributed by atoms with van der Waals surface area (Å²) in [6.07, 6.45) is 0.572. The van der Waals surface area contributed by atoms with Crippen LogP contribution in [0.25, 0.3) is 0 Å². The van der Waals surface area contributed by atoms with Gasteiger partial charge in [-0.25, -0.2) is 22.3 Å². The van der Waals surface area contributed by atoms with Crippen LogP contribution in [0.4, 0.5) is 8.78 Å². The maximum absolute atomic E-state index is 13.4. The van der Waals surface area contributed by atoms with Crippen LogP contribution in [0.3, 0.4) is 0 Å². The Morgan fingerprint density at radius 1 is 1.27 bits per heavy atom. The van der Waals surface area contributed by atoms with Gasteiger partial charge in [0.1, 0.15) is 16.4 Å². The molecule has 0 unspecified atom stereocenters. The number of hydrogen-bond donors (Lipinski definition) is 1. The van der Waals surface area contributed by atoms with Crippen molar-refractivity contribution >= 4 is 10.0 Å². The molecule has 1 aliphatic carbocycles. The average Bonchev–Trinajstić information content (AvgIpc) is 2.83. The van der Waals surface area contributed by atoms with Gasteiger partial charge in [0.15, 0.2) is 0 Å². The second kappa shape index (κ2) is 2.99. The maximum atomic E-state index is 13.4. The Kier molecular flexibility index (Phi) is 2.09. The monoisotopic (exact) mass is 233 g/mol. The van der Waals surface area contributed by atoms with E-state index in [0.29, 0.717) is 6.07 Å². The number of hydrogen-bond acceptors (Lipinski definition) is 2. The van der Waals surface area contributed by atoms with Crippen LogP contribution in [-0.4, -0.2) is 8.42 Å². The van der Waals surface area contributed by atoms with Gasteiger partial charge < -0.3 is 0 Å². The van der Waals surface area contributed by atoms with E-state index in [2.05, 4.69) is 0 Å². The van der Waals surface area contributed by atoms with Gasteiger partial charge in [-0.2, -0.15) is 0 Å². The van der Waals surface area contributed by atoms with Gasteiger partial charge in [-0.15, -0.1) is 0 Å². The summed E-state index contributed by atoms with van der Waals surface area (Å²) in [5.41, 5.74) is -0.0357. The molecule has 82 valence electrons. The van der Waals surface area contributed by atoms with Crippen molar-refractivity contribution in [2.45, 2.75) is 17.6 Å². The van der Waals surface area contributed by atoms with E-state index in [1.165, 1.54) is 0 Å². The number of sulfonamides is 1. The molecule has 0 aromatic heterocycles. The first-order valence-corrected chi connectivity index (χ1v) is 5.89. The molecule has 3 nitrogen and oxygen atoms in total. The Bertz CT molecular complexity index is 509. The lowest BCUT2D eigenvalue weighted by molar-refractivity contribution is 0.553. The molecule has 0 saturated heterocycles. The molecule has 0 aliphatic heterocycles. The molecule has 1 aromatic carbocycles. The van der Waals surface area contributed by atoms with Gasteiger partial charge in [0.2, 0.25) is 10.0 Å². The lowest BCUT2D eigenvalue weighted by Crippen LogP contribution is -2.29. The SMILES string of the molecule is NS(=O)(=O)C1(c2ccc(F)cc2F)CC1. The largest absolute Gasteiger partial charge is 0.228 e. The van der Waals surface area contributed by atoms with E-state index in [9.17, 15) is 17.2 Å². The van der Waals surface area contributed by atoms with E-state index in [1.807, 2.05) is 0 Å². The molecule has 0 bridgehead atoms. The molecule has 0 spiro atoms. The first-order valence-electron chi connectivity index (χ1n) is 4.35. The summed E-state index contributed by atoms with van der Waals surface area (Å²) in [5.74, 6) is -1.59. The lowest BCUT2D eigenvalue weighted by Gasteiger charge is -2.13. The fourth-order valence-electron chi connectivity index (χ4n) is 1.68. The van der Waals surface area contributed by atoms with E-state index >= 15 is 0 Å². The maximum Gasteiger partial charge on any atom is 0.219 e. The predicted octanol–water partition coefficient (Wildman–Crippen LogP) is 1.24. The molecular formula is C9H9F2NO2S. The third-order valence-corrected chi connectivity index (χ3v) is 4.39. The molecule has 0 radical (unpaired) electrons. The molecule has 15 heavy (non-hydrogen) atoms. The zero-order valence-electron chi connectivity index (χ0n) is 7.70. The van der Waals surface area contributed by atoms with E-state index in [-0.39, 0.29) is 18.4 Å². The Hall–Kier alpha value is -1.01. The average molecular weight is 233 g/mol. The van der Waals surface area contributed by atoms with Crippen molar-refractivity contribution in [1.82, 2.24) is 0 Å². The molecule has 0 heterocycles. The van der Waals surface area contributed by atoms with Gasteiger partial charge >= 0.3 is 0 Å². The van der Waals surface area contributed by atoms with Crippen LogP contribution in [0, 0.1) is 11.6 Å². The second-order valence-corrected chi connectivity index (χ2v) is 5.53. The first-order chi connectivity index (χ1) is 6.87. The van der Waals surface area contributed by atoms with Gasteiger partial charge in [-0.3, -0.25) is 0 Å². The van der Waals surface area contributed by atoms with Gasteiger partial charge in [0.25, 0.3) is 0 Å². The van der Waals surface area contributed by atoms with Crippen molar-refractivity contribution in [1.29, 1.82) is 0 Å². The van der Waals surface area contributed by atoms with Crippen molar-refractivity contribution in [3.63, 3.8) is 0 Å². The summed E-state index contributed by atoms with van der Waals surface area (Å²) in [4.78, 5) is 0. The summed E-state index contributed by atoms with van der Waals surface area (Å²) in [5, 5.41) is 5.03. The number of nitrogens with two attached hydrogens (primary N) is 1. The number of benzene rings is 1. The molecular weight excluding hydrogens is 224 g/mol. The van der Waals surface area contributed by atoms with E-state index in [0.717, 1.165) is 12.1 Å². The highest BCUT2D eigenvalue weighted by Gasteiger charge is 2.55. The fourth-order valence-corrected chi connectivity index (χ4v) is 2.82. The smallest absolute Gasteiger partial charge is 0.219 e. The normalized spacial score (nSPS) is 18.9. The number of primary sulfonamides is 1.